The van der Waals surface area contributed by atoms with Crippen molar-refractivity contribution >= 4 is 17.7 Å². The van der Waals surface area contributed by atoms with Crippen molar-refractivity contribution in [1.29, 1.82) is 0 Å². The smallest absolute Gasteiger partial charge is 0.313 e. The lowest BCUT2D eigenvalue weighted by molar-refractivity contribution is -0.133. The topological polar surface area (TPSA) is 97.5 Å². The first-order valence-corrected chi connectivity index (χ1v) is 7.59. The molecule has 8 heteroatoms. The zero-order valence-corrected chi connectivity index (χ0v) is 12.2. The van der Waals surface area contributed by atoms with Gasteiger partial charge in [0.25, 0.3) is 0 Å². The van der Waals surface area contributed by atoms with Crippen LogP contribution in [0.5, 0.6) is 0 Å². The Morgan fingerprint density at radius 2 is 2.20 bits per heavy atom. The van der Waals surface area contributed by atoms with E-state index in [-0.39, 0.29) is 18.4 Å². The van der Waals surface area contributed by atoms with Crippen molar-refractivity contribution in [3.63, 3.8) is 0 Å². The van der Waals surface area contributed by atoms with Crippen molar-refractivity contribution in [2.24, 2.45) is 5.92 Å². The van der Waals surface area contributed by atoms with E-state index in [1.54, 1.807) is 0 Å². The Bertz CT molecular complexity index is 460. The lowest BCUT2D eigenvalue weighted by atomic mass is 9.93. The van der Waals surface area contributed by atoms with Gasteiger partial charge >= 0.3 is 5.97 Å². The number of aliphatic carboxylic acids is 1. The minimum atomic E-state index is -0.895. The molecular formula is C12H19N3O4S. The third-order valence-corrected chi connectivity index (χ3v) is 4.48. The van der Waals surface area contributed by atoms with E-state index in [1.807, 2.05) is 4.57 Å². The molecule has 0 aromatic carbocycles. The van der Waals surface area contributed by atoms with E-state index in [9.17, 15) is 9.90 Å². The first-order valence-electron chi connectivity index (χ1n) is 6.60. The maximum atomic E-state index is 10.7. The summed E-state index contributed by atoms with van der Waals surface area (Å²) in [6, 6.07) is 0.118. The average molecular weight is 301 g/mol. The summed E-state index contributed by atoms with van der Waals surface area (Å²) in [7, 11) is 0. The molecule has 0 bridgehead atoms. The van der Waals surface area contributed by atoms with Crippen molar-refractivity contribution in [2.45, 2.75) is 37.6 Å². The maximum Gasteiger partial charge on any atom is 0.313 e. The number of aromatic nitrogens is 3. The van der Waals surface area contributed by atoms with E-state index in [1.165, 1.54) is 0 Å². The number of hydrogen-bond acceptors (Lipinski definition) is 6. The van der Waals surface area contributed by atoms with E-state index in [0.29, 0.717) is 16.9 Å². The van der Waals surface area contributed by atoms with Crippen molar-refractivity contribution in [1.82, 2.24) is 14.8 Å². The Morgan fingerprint density at radius 3 is 2.80 bits per heavy atom. The molecule has 1 atom stereocenters. The van der Waals surface area contributed by atoms with Gasteiger partial charge in [0.05, 0.1) is 5.75 Å². The molecule has 1 saturated heterocycles. The van der Waals surface area contributed by atoms with Crippen LogP contribution in [0.1, 0.15) is 31.6 Å². The molecule has 2 heterocycles. The van der Waals surface area contributed by atoms with Gasteiger partial charge in [-0.15, -0.1) is 10.2 Å². The fourth-order valence-corrected chi connectivity index (χ4v) is 3.22. The van der Waals surface area contributed by atoms with Crippen molar-refractivity contribution in [3.05, 3.63) is 5.82 Å². The molecule has 1 aromatic heterocycles. The highest BCUT2D eigenvalue weighted by Gasteiger charge is 2.26. The fourth-order valence-electron chi connectivity index (χ4n) is 2.46. The highest BCUT2D eigenvalue weighted by atomic mass is 32.2. The van der Waals surface area contributed by atoms with Crippen molar-refractivity contribution in [2.75, 3.05) is 19.0 Å². The molecule has 1 unspecified atom stereocenters. The number of carboxylic acids is 1. The molecule has 0 spiro atoms. The second-order valence-electron chi connectivity index (χ2n) is 4.80. The maximum absolute atomic E-state index is 10.7. The van der Waals surface area contributed by atoms with Crippen molar-refractivity contribution < 1.29 is 19.7 Å². The molecule has 20 heavy (non-hydrogen) atoms. The van der Waals surface area contributed by atoms with Crippen LogP contribution in [0.3, 0.4) is 0 Å². The van der Waals surface area contributed by atoms with Gasteiger partial charge in [0, 0.05) is 19.3 Å². The Hall–Kier alpha value is -1.12. The average Bonchev–Trinajstić information content (AvgIpc) is 2.88. The number of rotatable bonds is 6. The van der Waals surface area contributed by atoms with Gasteiger partial charge in [-0.1, -0.05) is 11.8 Å². The second kappa shape index (κ2) is 7.05. The van der Waals surface area contributed by atoms with Crippen LogP contribution in [0.15, 0.2) is 5.16 Å². The molecule has 1 aliphatic rings. The molecule has 1 fully saturated rings. The summed E-state index contributed by atoms with van der Waals surface area (Å²) < 4.78 is 7.22. The van der Waals surface area contributed by atoms with Gasteiger partial charge < -0.3 is 19.5 Å². The van der Waals surface area contributed by atoms with Gasteiger partial charge in [0.15, 0.2) is 11.0 Å². The summed E-state index contributed by atoms with van der Waals surface area (Å²) in [5, 5.41) is 26.6. The number of carbonyl (C=O) groups is 1. The van der Waals surface area contributed by atoms with Crippen LogP contribution in [-0.2, 0) is 16.1 Å². The van der Waals surface area contributed by atoms with Crippen molar-refractivity contribution in [3.8, 4) is 0 Å². The third-order valence-electron chi connectivity index (χ3n) is 3.56. The van der Waals surface area contributed by atoms with Gasteiger partial charge in [-0.2, -0.15) is 0 Å². The van der Waals surface area contributed by atoms with E-state index in [2.05, 4.69) is 17.1 Å². The number of carboxylic acid groups (broad SMARTS) is 1. The highest BCUT2D eigenvalue weighted by Crippen LogP contribution is 2.31. The van der Waals surface area contributed by atoms with Crippen LogP contribution in [0.2, 0.25) is 0 Å². The quantitative estimate of drug-likeness (QED) is 0.754. The highest BCUT2D eigenvalue weighted by molar-refractivity contribution is 7.99. The Labute approximate surface area is 121 Å². The van der Waals surface area contributed by atoms with Gasteiger partial charge in [0.1, 0.15) is 6.61 Å². The van der Waals surface area contributed by atoms with E-state index >= 15 is 0 Å². The summed E-state index contributed by atoms with van der Waals surface area (Å²) in [6.07, 6.45) is 1.90. The lowest BCUT2D eigenvalue weighted by Gasteiger charge is -2.29. The number of thioether (sulfide) groups is 1. The third kappa shape index (κ3) is 3.50. The monoisotopic (exact) mass is 301 g/mol. The number of aliphatic hydroxyl groups excluding tert-OH is 1. The summed E-state index contributed by atoms with van der Waals surface area (Å²) in [5.74, 6) is -0.0516. The van der Waals surface area contributed by atoms with Gasteiger partial charge in [-0.25, -0.2) is 0 Å². The predicted octanol–water partition coefficient (Wildman–Crippen LogP) is 0.935. The molecule has 0 amide bonds. The largest absolute Gasteiger partial charge is 0.481 e. The minimum Gasteiger partial charge on any atom is -0.481 e. The van der Waals surface area contributed by atoms with Crippen LogP contribution >= 0.6 is 11.8 Å². The van der Waals surface area contributed by atoms with Gasteiger partial charge in [-0.05, 0) is 25.7 Å². The van der Waals surface area contributed by atoms with Crippen LogP contribution in [-0.4, -0.2) is 49.9 Å². The van der Waals surface area contributed by atoms with Crippen LogP contribution in [0.25, 0.3) is 0 Å². The summed E-state index contributed by atoms with van der Waals surface area (Å²) in [6.45, 7) is 3.34. The normalized spacial score (nSPS) is 18.1. The Balaban J connectivity index is 2.18. The predicted molar refractivity (Wildman–Crippen MR) is 72.6 cm³/mol. The van der Waals surface area contributed by atoms with E-state index < -0.39 is 5.97 Å². The number of ether oxygens (including phenoxy) is 1. The number of nitrogens with zero attached hydrogens (tertiary/aromatic N) is 3. The second-order valence-corrected chi connectivity index (χ2v) is 5.74. The number of aliphatic hydroxyl groups is 1. The molecule has 1 aliphatic heterocycles. The molecule has 112 valence electrons. The molecule has 0 saturated carbocycles. The van der Waals surface area contributed by atoms with E-state index in [4.69, 9.17) is 9.84 Å². The summed E-state index contributed by atoms with van der Waals surface area (Å²) in [5.41, 5.74) is 0. The summed E-state index contributed by atoms with van der Waals surface area (Å²) in [4.78, 5) is 10.7. The number of hydrogen-bond donors (Lipinski definition) is 2. The van der Waals surface area contributed by atoms with Crippen LogP contribution in [0, 0.1) is 5.92 Å². The van der Waals surface area contributed by atoms with Gasteiger partial charge in [-0.3, -0.25) is 4.79 Å². The first kappa shape index (κ1) is 15.3. The Kier molecular flexibility index (Phi) is 5.38. The zero-order valence-electron chi connectivity index (χ0n) is 11.4. The molecule has 2 N–H and O–H groups in total. The molecule has 0 aliphatic carbocycles. The Morgan fingerprint density at radius 1 is 1.50 bits per heavy atom. The molecule has 7 nitrogen and oxygen atoms in total. The zero-order chi connectivity index (χ0) is 14.5. The fraction of sp³-hybridized carbons (Fsp3) is 0.750. The standard InChI is InChI=1S/C12H19N3O4S/c1-8(9-2-4-19-5-3-9)15-10(6-16)13-14-12(15)20-7-11(17)18/h8-9,16H,2-7H2,1H3,(H,17,18). The lowest BCUT2D eigenvalue weighted by Crippen LogP contribution is -2.25. The molecule has 0 radical (unpaired) electrons. The molecule has 2 rings (SSSR count). The van der Waals surface area contributed by atoms with Gasteiger partial charge in [0.2, 0.25) is 0 Å². The SMILES string of the molecule is CC(C1CCOCC1)n1c(CO)nnc1SCC(=O)O. The van der Waals surface area contributed by atoms with Crippen LogP contribution in [0.4, 0.5) is 0 Å². The summed E-state index contributed by atoms with van der Waals surface area (Å²) >= 11 is 1.13. The molecular weight excluding hydrogens is 282 g/mol. The minimum absolute atomic E-state index is 0.0654. The first-order chi connectivity index (χ1) is 9.63. The van der Waals surface area contributed by atoms with E-state index in [0.717, 1.165) is 37.8 Å². The molecule has 1 aromatic rings. The van der Waals surface area contributed by atoms with Crippen LogP contribution < -0.4 is 0 Å².